The van der Waals surface area contributed by atoms with Crippen molar-refractivity contribution in [3.05, 3.63) is 28.2 Å². The van der Waals surface area contributed by atoms with Crippen LogP contribution in [0.1, 0.15) is 24.8 Å². The minimum Gasteiger partial charge on any atom is -0.325 e. The summed E-state index contributed by atoms with van der Waals surface area (Å²) in [6.07, 6.45) is 3.23. The highest BCUT2D eigenvalue weighted by molar-refractivity contribution is 9.10. The van der Waals surface area contributed by atoms with E-state index in [4.69, 9.17) is 0 Å². The number of benzene rings is 1. The highest BCUT2D eigenvalue weighted by Crippen LogP contribution is 2.20. The van der Waals surface area contributed by atoms with Crippen molar-refractivity contribution in [2.45, 2.75) is 32.2 Å². The average Bonchev–Trinajstić information content (AvgIpc) is 2.35. The number of amides is 1. The predicted octanol–water partition coefficient (Wildman–Crippen LogP) is 3.26. The molecule has 0 radical (unpaired) electrons. The minimum atomic E-state index is -0.0345. The summed E-state index contributed by atoms with van der Waals surface area (Å²) >= 11 is 3.45. The number of aryl methyl sites for hydroxylation is 1. The van der Waals surface area contributed by atoms with Gasteiger partial charge in [0.2, 0.25) is 5.91 Å². The van der Waals surface area contributed by atoms with Crippen LogP contribution in [0.4, 0.5) is 5.69 Å². The zero-order valence-corrected chi connectivity index (χ0v) is 12.7. The Kier molecular flexibility index (Phi) is 6.12. The number of hydrogen-bond donors (Lipinski definition) is 2. The Labute approximate surface area is 122 Å². The molecule has 1 aliphatic rings. The zero-order chi connectivity index (χ0) is 12.3. The second kappa shape index (κ2) is 7.12. The van der Waals surface area contributed by atoms with E-state index >= 15 is 0 Å². The van der Waals surface area contributed by atoms with E-state index in [0.29, 0.717) is 0 Å². The molecule has 2 N–H and O–H groups in total. The Morgan fingerprint density at radius 2 is 2.22 bits per heavy atom. The highest BCUT2D eigenvalue weighted by Gasteiger charge is 2.20. The number of piperidine rings is 1. The quantitative estimate of drug-likeness (QED) is 0.872. The van der Waals surface area contributed by atoms with E-state index in [1.165, 1.54) is 6.42 Å². The molecule has 1 saturated heterocycles. The molecule has 18 heavy (non-hydrogen) atoms. The van der Waals surface area contributed by atoms with Gasteiger partial charge in [-0.25, -0.2) is 0 Å². The first-order valence-electron chi connectivity index (χ1n) is 5.97. The molecule has 5 heteroatoms. The number of carbonyl (C=O) groups is 1. The van der Waals surface area contributed by atoms with Crippen molar-refractivity contribution in [3.63, 3.8) is 0 Å². The number of halogens is 2. The molecule has 0 aromatic heterocycles. The normalized spacial score (nSPS) is 18.9. The van der Waals surface area contributed by atoms with E-state index in [9.17, 15) is 4.79 Å². The third-order valence-electron chi connectivity index (χ3n) is 3.05. The summed E-state index contributed by atoms with van der Waals surface area (Å²) in [6, 6.07) is 5.81. The first-order valence-corrected chi connectivity index (χ1v) is 6.76. The Morgan fingerprint density at radius 1 is 1.44 bits per heavy atom. The molecule has 1 aliphatic heterocycles. The zero-order valence-electron chi connectivity index (χ0n) is 10.3. The molecule has 1 heterocycles. The first-order chi connectivity index (χ1) is 8.16. The average molecular weight is 334 g/mol. The Hall–Kier alpha value is -0.580. The number of rotatable bonds is 2. The molecule has 2 rings (SSSR count). The van der Waals surface area contributed by atoms with Crippen LogP contribution >= 0.6 is 28.3 Å². The van der Waals surface area contributed by atoms with Crippen LogP contribution in [0, 0.1) is 6.92 Å². The summed E-state index contributed by atoms with van der Waals surface area (Å²) in [4.78, 5) is 12.0. The molecule has 1 aromatic rings. The van der Waals surface area contributed by atoms with Gasteiger partial charge >= 0.3 is 0 Å². The molecule has 0 saturated carbocycles. The first kappa shape index (κ1) is 15.5. The number of hydrogen-bond acceptors (Lipinski definition) is 2. The Bertz CT molecular complexity index is 419. The summed E-state index contributed by atoms with van der Waals surface area (Å²) < 4.78 is 1.06. The number of carbonyl (C=O) groups excluding carboxylic acids is 1. The largest absolute Gasteiger partial charge is 0.325 e. The van der Waals surface area contributed by atoms with E-state index in [1.54, 1.807) is 0 Å². The van der Waals surface area contributed by atoms with Gasteiger partial charge in [0.05, 0.1) is 6.04 Å². The number of anilines is 1. The van der Waals surface area contributed by atoms with E-state index in [0.717, 1.165) is 35.1 Å². The fourth-order valence-electron chi connectivity index (χ4n) is 2.03. The lowest BCUT2D eigenvalue weighted by Gasteiger charge is -2.22. The second-order valence-electron chi connectivity index (χ2n) is 4.46. The highest BCUT2D eigenvalue weighted by atomic mass is 79.9. The van der Waals surface area contributed by atoms with Gasteiger partial charge in [0.15, 0.2) is 0 Å². The molecule has 1 fully saturated rings. The van der Waals surface area contributed by atoms with Crippen molar-refractivity contribution in [1.82, 2.24) is 5.32 Å². The van der Waals surface area contributed by atoms with Gasteiger partial charge < -0.3 is 10.6 Å². The SMILES string of the molecule is Cc1cc(NC(=O)[C@H]2CCCCN2)ccc1Br.Cl. The van der Waals surface area contributed by atoms with Crippen molar-refractivity contribution in [1.29, 1.82) is 0 Å². The minimum absolute atomic E-state index is 0. The van der Waals surface area contributed by atoms with Crippen molar-refractivity contribution in [3.8, 4) is 0 Å². The van der Waals surface area contributed by atoms with Crippen LogP contribution in [-0.2, 0) is 4.79 Å². The van der Waals surface area contributed by atoms with Crippen LogP contribution < -0.4 is 10.6 Å². The van der Waals surface area contributed by atoms with Gasteiger partial charge in [0, 0.05) is 10.2 Å². The summed E-state index contributed by atoms with van der Waals surface area (Å²) in [5, 5.41) is 6.20. The molecule has 0 aliphatic carbocycles. The molecule has 1 amide bonds. The standard InChI is InChI=1S/C13H17BrN2O.ClH/c1-9-8-10(5-6-11(9)14)16-13(17)12-4-2-3-7-15-12;/h5-6,8,12,15H,2-4,7H2,1H3,(H,16,17);1H/t12-;/m1./s1. The lowest BCUT2D eigenvalue weighted by atomic mass is 10.0. The molecule has 0 spiro atoms. The van der Waals surface area contributed by atoms with Crippen LogP contribution in [0.15, 0.2) is 22.7 Å². The van der Waals surface area contributed by atoms with Gasteiger partial charge in [-0.05, 0) is 50.1 Å². The van der Waals surface area contributed by atoms with Crippen LogP contribution in [0.5, 0.6) is 0 Å². The predicted molar refractivity (Wildman–Crippen MR) is 80.4 cm³/mol. The number of nitrogens with one attached hydrogen (secondary N) is 2. The van der Waals surface area contributed by atoms with Gasteiger partial charge in [0.1, 0.15) is 0 Å². The maximum Gasteiger partial charge on any atom is 0.241 e. The van der Waals surface area contributed by atoms with Gasteiger partial charge in [-0.3, -0.25) is 4.79 Å². The van der Waals surface area contributed by atoms with Gasteiger partial charge in [-0.2, -0.15) is 0 Å². The molecule has 3 nitrogen and oxygen atoms in total. The van der Waals surface area contributed by atoms with Gasteiger partial charge in [-0.15, -0.1) is 12.4 Å². The van der Waals surface area contributed by atoms with Crippen molar-refractivity contribution in [2.24, 2.45) is 0 Å². The van der Waals surface area contributed by atoms with E-state index < -0.39 is 0 Å². The summed E-state index contributed by atoms with van der Waals surface area (Å²) in [5.41, 5.74) is 1.99. The third kappa shape index (κ3) is 3.97. The van der Waals surface area contributed by atoms with Crippen molar-refractivity contribution < 1.29 is 4.79 Å². The van der Waals surface area contributed by atoms with E-state index in [-0.39, 0.29) is 24.4 Å². The molecular weight excluding hydrogens is 316 g/mol. The maximum absolute atomic E-state index is 12.0. The second-order valence-corrected chi connectivity index (χ2v) is 5.31. The summed E-state index contributed by atoms with van der Waals surface area (Å²) in [6.45, 7) is 2.95. The van der Waals surface area contributed by atoms with E-state index in [1.807, 2.05) is 25.1 Å². The van der Waals surface area contributed by atoms with E-state index in [2.05, 4.69) is 26.6 Å². The van der Waals surface area contributed by atoms with Gasteiger partial charge in [-0.1, -0.05) is 22.4 Å². The van der Waals surface area contributed by atoms with Crippen LogP contribution in [0.2, 0.25) is 0 Å². The monoisotopic (exact) mass is 332 g/mol. The lowest BCUT2D eigenvalue weighted by Crippen LogP contribution is -2.43. The Morgan fingerprint density at radius 3 is 2.83 bits per heavy atom. The molecule has 1 atom stereocenters. The molecule has 100 valence electrons. The van der Waals surface area contributed by atoms with Crippen LogP contribution in [0.3, 0.4) is 0 Å². The topological polar surface area (TPSA) is 41.1 Å². The summed E-state index contributed by atoms with van der Waals surface area (Å²) in [7, 11) is 0. The third-order valence-corrected chi connectivity index (χ3v) is 3.94. The van der Waals surface area contributed by atoms with Crippen molar-refractivity contribution >= 4 is 39.9 Å². The maximum atomic E-state index is 12.0. The fraction of sp³-hybridized carbons (Fsp3) is 0.462. The van der Waals surface area contributed by atoms with Crippen LogP contribution in [-0.4, -0.2) is 18.5 Å². The van der Waals surface area contributed by atoms with Crippen LogP contribution in [0.25, 0.3) is 0 Å². The Balaban J connectivity index is 0.00000162. The molecule has 1 aromatic carbocycles. The molecule has 0 unspecified atom stereocenters. The fourth-order valence-corrected chi connectivity index (χ4v) is 2.27. The van der Waals surface area contributed by atoms with Crippen molar-refractivity contribution in [2.75, 3.05) is 11.9 Å². The molecule has 0 bridgehead atoms. The summed E-state index contributed by atoms with van der Waals surface area (Å²) in [5.74, 6) is 0.0754. The smallest absolute Gasteiger partial charge is 0.241 e. The molecular formula is C13H18BrClN2O. The van der Waals surface area contributed by atoms with Gasteiger partial charge in [0.25, 0.3) is 0 Å². The lowest BCUT2D eigenvalue weighted by molar-refractivity contribution is -0.118.